The lowest BCUT2D eigenvalue weighted by molar-refractivity contribution is 0.275. The molecule has 1 rings (SSSR count). The fourth-order valence-electron chi connectivity index (χ4n) is 1.33. The largest absolute Gasteiger partial charge is 0.392 e. The van der Waals surface area contributed by atoms with E-state index in [1.165, 1.54) is 0 Å². The summed E-state index contributed by atoms with van der Waals surface area (Å²) in [5, 5.41) is 17.9. The second-order valence-electron chi connectivity index (χ2n) is 3.01. The van der Waals surface area contributed by atoms with E-state index in [1.807, 2.05) is 12.1 Å². The molecule has 72 valence electrons. The molecule has 0 unspecified atom stereocenters. The zero-order valence-corrected chi connectivity index (χ0v) is 7.53. The van der Waals surface area contributed by atoms with Crippen molar-refractivity contribution in [2.75, 3.05) is 6.54 Å². The van der Waals surface area contributed by atoms with Crippen molar-refractivity contribution in [3.05, 3.63) is 34.9 Å². The first-order chi connectivity index (χ1) is 6.30. The van der Waals surface area contributed by atoms with Gasteiger partial charge in [0.15, 0.2) is 0 Å². The van der Waals surface area contributed by atoms with Gasteiger partial charge in [0.2, 0.25) is 0 Å². The molecule has 0 aromatic heterocycles. The van der Waals surface area contributed by atoms with Crippen LogP contribution in [0.15, 0.2) is 18.2 Å². The Kier molecular flexibility index (Phi) is 3.89. The Morgan fingerprint density at radius 2 is 1.38 bits per heavy atom. The van der Waals surface area contributed by atoms with Crippen LogP contribution < -0.4 is 5.73 Å². The summed E-state index contributed by atoms with van der Waals surface area (Å²) in [6.07, 6.45) is 0.779. The first-order valence-electron chi connectivity index (χ1n) is 4.33. The van der Waals surface area contributed by atoms with Crippen LogP contribution in [-0.4, -0.2) is 16.8 Å². The molecule has 0 saturated carbocycles. The molecule has 0 aliphatic heterocycles. The van der Waals surface area contributed by atoms with Crippen LogP contribution in [0.5, 0.6) is 0 Å². The van der Waals surface area contributed by atoms with E-state index in [-0.39, 0.29) is 13.2 Å². The van der Waals surface area contributed by atoms with Crippen LogP contribution in [0.3, 0.4) is 0 Å². The van der Waals surface area contributed by atoms with Crippen molar-refractivity contribution in [1.29, 1.82) is 0 Å². The Balaban J connectivity index is 2.93. The minimum absolute atomic E-state index is 0.00537. The van der Waals surface area contributed by atoms with Gasteiger partial charge >= 0.3 is 0 Å². The average Bonchev–Trinajstić information content (AvgIpc) is 2.17. The van der Waals surface area contributed by atoms with Crippen LogP contribution >= 0.6 is 0 Å². The summed E-state index contributed by atoms with van der Waals surface area (Å²) in [6, 6.07) is 5.61. The van der Waals surface area contributed by atoms with Gasteiger partial charge in [-0.1, -0.05) is 18.2 Å². The second kappa shape index (κ2) is 4.97. The highest BCUT2D eigenvalue weighted by Gasteiger charge is 1.99. The van der Waals surface area contributed by atoms with Crippen LogP contribution in [0, 0.1) is 0 Å². The van der Waals surface area contributed by atoms with Gasteiger partial charge in [0, 0.05) is 0 Å². The van der Waals surface area contributed by atoms with Crippen molar-refractivity contribution in [2.24, 2.45) is 5.73 Å². The van der Waals surface area contributed by atoms with Gasteiger partial charge in [-0.3, -0.25) is 0 Å². The number of rotatable bonds is 4. The molecule has 1 aromatic carbocycles. The van der Waals surface area contributed by atoms with Gasteiger partial charge in [-0.2, -0.15) is 0 Å². The first kappa shape index (κ1) is 10.2. The van der Waals surface area contributed by atoms with Gasteiger partial charge < -0.3 is 15.9 Å². The Bertz CT molecular complexity index is 251. The quantitative estimate of drug-likeness (QED) is 0.620. The normalized spacial score (nSPS) is 10.4. The molecule has 1 aromatic rings. The van der Waals surface area contributed by atoms with Gasteiger partial charge in [0.25, 0.3) is 0 Å². The Hall–Kier alpha value is -0.900. The highest BCUT2D eigenvalue weighted by atomic mass is 16.3. The third-order valence-electron chi connectivity index (χ3n) is 1.91. The first-order valence-corrected chi connectivity index (χ1v) is 4.33. The number of aliphatic hydroxyl groups is 2. The molecule has 0 aliphatic carbocycles. The zero-order chi connectivity index (χ0) is 9.68. The van der Waals surface area contributed by atoms with E-state index in [0.29, 0.717) is 6.54 Å². The lowest BCUT2D eigenvalue weighted by Gasteiger charge is -2.05. The number of hydrogen-bond acceptors (Lipinski definition) is 3. The number of hydrogen-bond donors (Lipinski definition) is 3. The standard InChI is InChI=1S/C10H15NO2/c11-2-1-8-3-9(6-12)5-10(4-8)7-13/h3-5,12-13H,1-2,6-7,11H2. The molecule has 3 nitrogen and oxygen atoms in total. The highest BCUT2D eigenvalue weighted by Crippen LogP contribution is 2.11. The fraction of sp³-hybridized carbons (Fsp3) is 0.400. The summed E-state index contributed by atoms with van der Waals surface area (Å²) in [5.41, 5.74) is 8.14. The second-order valence-corrected chi connectivity index (χ2v) is 3.01. The van der Waals surface area contributed by atoms with Crippen molar-refractivity contribution < 1.29 is 10.2 Å². The molecule has 3 heteroatoms. The molecule has 0 fully saturated rings. The minimum Gasteiger partial charge on any atom is -0.392 e. The van der Waals surface area contributed by atoms with E-state index >= 15 is 0 Å². The molecule has 0 amide bonds. The van der Waals surface area contributed by atoms with Crippen LogP contribution in [-0.2, 0) is 19.6 Å². The third-order valence-corrected chi connectivity index (χ3v) is 1.91. The Morgan fingerprint density at radius 3 is 1.77 bits per heavy atom. The Morgan fingerprint density at radius 1 is 0.923 bits per heavy atom. The van der Waals surface area contributed by atoms with E-state index in [9.17, 15) is 0 Å². The summed E-state index contributed by atoms with van der Waals surface area (Å²) in [7, 11) is 0. The zero-order valence-electron chi connectivity index (χ0n) is 7.53. The number of nitrogens with two attached hydrogens (primary N) is 1. The maximum absolute atomic E-state index is 8.94. The summed E-state index contributed by atoms with van der Waals surface area (Å²) in [4.78, 5) is 0. The van der Waals surface area contributed by atoms with E-state index in [2.05, 4.69) is 0 Å². The molecular formula is C10H15NO2. The van der Waals surface area contributed by atoms with Crippen molar-refractivity contribution >= 4 is 0 Å². The maximum atomic E-state index is 8.94. The molecule has 0 bridgehead atoms. The predicted octanol–water partition coefficient (Wildman–Crippen LogP) is 0.172. The maximum Gasteiger partial charge on any atom is 0.0682 e. The molecule has 0 saturated heterocycles. The van der Waals surface area contributed by atoms with Gasteiger partial charge in [-0.15, -0.1) is 0 Å². The summed E-state index contributed by atoms with van der Waals surface area (Å²) in [6.45, 7) is 0.594. The van der Waals surface area contributed by atoms with E-state index < -0.39 is 0 Å². The Labute approximate surface area is 77.8 Å². The topological polar surface area (TPSA) is 66.5 Å². The monoisotopic (exact) mass is 181 g/mol. The molecule has 4 N–H and O–H groups in total. The lowest BCUT2D eigenvalue weighted by Crippen LogP contribution is -2.04. The van der Waals surface area contributed by atoms with E-state index in [4.69, 9.17) is 15.9 Å². The summed E-state index contributed by atoms with van der Waals surface area (Å²) >= 11 is 0. The lowest BCUT2D eigenvalue weighted by atomic mass is 10.0. The van der Waals surface area contributed by atoms with E-state index in [1.54, 1.807) is 6.07 Å². The predicted molar refractivity (Wildman–Crippen MR) is 51.0 cm³/mol. The summed E-state index contributed by atoms with van der Waals surface area (Å²) < 4.78 is 0. The van der Waals surface area contributed by atoms with Crippen molar-refractivity contribution in [3.63, 3.8) is 0 Å². The smallest absolute Gasteiger partial charge is 0.0682 e. The number of benzene rings is 1. The molecule has 0 radical (unpaired) electrons. The van der Waals surface area contributed by atoms with Gasteiger partial charge in [-0.05, 0) is 29.7 Å². The SMILES string of the molecule is NCCc1cc(CO)cc(CO)c1. The van der Waals surface area contributed by atoms with Crippen molar-refractivity contribution in [3.8, 4) is 0 Å². The van der Waals surface area contributed by atoms with E-state index in [0.717, 1.165) is 23.1 Å². The highest BCUT2D eigenvalue weighted by molar-refractivity contribution is 5.29. The van der Waals surface area contributed by atoms with Gasteiger partial charge in [0.05, 0.1) is 13.2 Å². The van der Waals surface area contributed by atoms with Crippen LogP contribution in [0.2, 0.25) is 0 Å². The fourth-order valence-corrected chi connectivity index (χ4v) is 1.33. The van der Waals surface area contributed by atoms with Crippen LogP contribution in [0.1, 0.15) is 16.7 Å². The van der Waals surface area contributed by atoms with Crippen LogP contribution in [0.4, 0.5) is 0 Å². The molecule has 13 heavy (non-hydrogen) atoms. The van der Waals surface area contributed by atoms with Gasteiger partial charge in [0.1, 0.15) is 0 Å². The molecular weight excluding hydrogens is 166 g/mol. The molecule has 0 heterocycles. The van der Waals surface area contributed by atoms with Crippen molar-refractivity contribution in [2.45, 2.75) is 19.6 Å². The molecule has 0 aliphatic rings. The minimum atomic E-state index is 0.00537. The molecule has 0 atom stereocenters. The third kappa shape index (κ3) is 2.81. The van der Waals surface area contributed by atoms with Gasteiger partial charge in [-0.25, -0.2) is 0 Å². The average molecular weight is 181 g/mol. The summed E-state index contributed by atoms with van der Waals surface area (Å²) in [5.74, 6) is 0. The molecule has 0 spiro atoms. The number of aliphatic hydroxyl groups excluding tert-OH is 2. The van der Waals surface area contributed by atoms with Crippen molar-refractivity contribution in [1.82, 2.24) is 0 Å². The van der Waals surface area contributed by atoms with Crippen LogP contribution in [0.25, 0.3) is 0 Å².